The van der Waals surface area contributed by atoms with Crippen LogP contribution in [0.5, 0.6) is 0 Å². The third-order valence-electron chi connectivity index (χ3n) is 13.0. The lowest BCUT2D eigenvalue weighted by atomic mass is 9.66. The fourth-order valence-corrected chi connectivity index (χ4v) is 8.09. The molecular weight excluding hydrogens is 673 g/mol. The van der Waals surface area contributed by atoms with E-state index >= 15 is 0 Å². The maximum absolute atomic E-state index is 12.8. The van der Waals surface area contributed by atoms with Gasteiger partial charge in [0.25, 0.3) is 0 Å². The van der Waals surface area contributed by atoms with Crippen molar-refractivity contribution in [1.29, 1.82) is 0 Å². The van der Waals surface area contributed by atoms with Crippen molar-refractivity contribution < 1.29 is 30.7 Å². The highest BCUT2D eigenvalue weighted by Gasteiger charge is 2.49. The van der Waals surface area contributed by atoms with Crippen molar-refractivity contribution >= 4 is 0 Å². The Labute approximate surface area is 317 Å². The van der Waals surface area contributed by atoms with Crippen molar-refractivity contribution in [3.8, 4) is 0 Å². The molecule has 5 aliphatic rings. The molecule has 52 heavy (non-hydrogen) atoms. The third kappa shape index (κ3) is 18.9. The van der Waals surface area contributed by atoms with Gasteiger partial charge in [-0.2, -0.15) is 0 Å². The topological polar surface area (TPSA) is 0 Å². The van der Waals surface area contributed by atoms with E-state index in [1.54, 1.807) is 0 Å². The Morgan fingerprint density at radius 3 is 0.865 bits per heavy atom. The van der Waals surface area contributed by atoms with Crippen LogP contribution in [0.1, 0.15) is 207 Å². The van der Waals surface area contributed by atoms with Crippen molar-refractivity contribution in [2.45, 2.75) is 231 Å². The molecule has 1 unspecified atom stereocenters. The highest BCUT2D eigenvalue weighted by Crippen LogP contribution is 2.51. The fraction of sp³-hybridized carbons (Fsp3) is 1.00. The number of rotatable bonds is 0. The summed E-state index contributed by atoms with van der Waals surface area (Å²) in [6, 6.07) is 0. The van der Waals surface area contributed by atoms with E-state index in [9.17, 15) is 30.7 Å². The Hall–Kier alpha value is -0.490. The molecule has 5 aliphatic carbocycles. The Morgan fingerprint density at radius 1 is 0.346 bits per heavy atom. The molecule has 0 aromatic heterocycles. The first-order valence-corrected chi connectivity index (χ1v) is 20.8. The summed E-state index contributed by atoms with van der Waals surface area (Å²) >= 11 is 0. The van der Waals surface area contributed by atoms with Gasteiger partial charge in [-0.1, -0.05) is 123 Å². The number of halogens is 7. The van der Waals surface area contributed by atoms with Gasteiger partial charge in [-0.05, 0) is 102 Å². The first-order valence-electron chi connectivity index (χ1n) is 20.8. The molecule has 0 amide bonds. The van der Waals surface area contributed by atoms with E-state index in [0.29, 0.717) is 41.9 Å². The molecule has 1 atom stereocenters. The van der Waals surface area contributed by atoms with Crippen LogP contribution in [0.25, 0.3) is 0 Å². The van der Waals surface area contributed by atoms with Gasteiger partial charge in [-0.3, -0.25) is 0 Å². The first-order chi connectivity index (χ1) is 23.0. The van der Waals surface area contributed by atoms with Gasteiger partial charge in [-0.25, -0.2) is 30.7 Å². The van der Waals surface area contributed by atoms with Crippen molar-refractivity contribution in [3.63, 3.8) is 0 Å². The van der Waals surface area contributed by atoms with Crippen molar-refractivity contribution in [2.75, 3.05) is 0 Å². The Balaban J connectivity index is 0.000000326. The lowest BCUT2D eigenvalue weighted by Gasteiger charge is -2.43. The van der Waals surface area contributed by atoms with Crippen LogP contribution in [0.15, 0.2) is 0 Å². The number of hydrogen-bond donors (Lipinski definition) is 0. The van der Waals surface area contributed by atoms with Gasteiger partial charge in [0, 0.05) is 38.5 Å². The molecule has 0 bridgehead atoms. The molecule has 0 radical (unpaired) electrons. The van der Waals surface area contributed by atoms with Gasteiger partial charge < -0.3 is 0 Å². The zero-order valence-electron chi connectivity index (χ0n) is 36.4. The van der Waals surface area contributed by atoms with Crippen LogP contribution in [0.3, 0.4) is 0 Å². The summed E-state index contributed by atoms with van der Waals surface area (Å²) in [5.41, 5.74) is 1.24. The summed E-state index contributed by atoms with van der Waals surface area (Å²) in [6.45, 7) is 32.3. The van der Waals surface area contributed by atoms with Gasteiger partial charge in [0.1, 0.15) is 6.17 Å². The van der Waals surface area contributed by atoms with Crippen LogP contribution >= 0.6 is 0 Å². The van der Waals surface area contributed by atoms with Crippen LogP contribution in [0.2, 0.25) is 0 Å². The number of alkyl halides is 7. The minimum atomic E-state index is -2.38. The second-order valence-corrected chi connectivity index (χ2v) is 22.8. The van der Waals surface area contributed by atoms with Crippen LogP contribution in [0.4, 0.5) is 30.7 Å². The normalized spacial score (nSPS) is 28.2. The van der Waals surface area contributed by atoms with E-state index in [-0.39, 0.29) is 66.6 Å². The van der Waals surface area contributed by atoms with E-state index in [2.05, 4.69) is 62.3 Å². The van der Waals surface area contributed by atoms with Crippen molar-refractivity contribution in [3.05, 3.63) is 0 Å². The average Bonchev–Trinajstić information content (AvgIpc) is 3.30. The highest BCUT2D eigenvalue weighted by atomic mass is 19.3. The molecule has 0 spiro atoms. The van der Waals surface area contributed by atoms with E-state index in [1.807, 2.05) is 41.5 Å². The summed E-state index contributed by atoms with van der Waals surface area (Å²) in [7, 11) is 0. The molecule has 7 heteroatoms. The van der Waals surface area contributed by atoms with E-state index in [1.165, 1.54) is 32.1 Å². The Morgan fingerprint density at radius 2 is 0.654 bits per heavy atom. The van der Waals surface area contributed by atoms with Gasteiger partial charge in [0.2, 0.25) is 17.8 Å². The summed E-state index contributed by atoms with van der Waals surface area (Å²) in [4.78, 5) is 0. The predicted octanol–water partition coefficient (Wildman–Crippen LogP) is 16.8. The second-order valence-electron chi connectivity index (χ2n) is 22.8. The average molecular weight is 757 g/mol. The van der Waals surface area contributed by atoms with Crippen LogP contribution in [-0.2, 0) is 0 Å². The lowest BCUT2D eigenvalue weighted by Crippen LogP contribution is -2.42. The maximum atomic E-state index is 12.8. The van der Waals surface area contributed by atoms with Crippen molar-refractivity contribution in [1.82, 2.24) is 0 Å². The minimum Gasteiger partial charge on any atom is -0.247 e. The smallest absolute Gasteiger partial charge is 0.247 e. The fourth-order valence-electron chi connectivity index (χ4n) is 8.09. The molecular formula is C45H83F7. The number of hydrogen-bond acceptors (Lipinski definition) is 0. The van der Waals surface area contributed by atoms with E-state index in [4.69, 9.17) is 0 Å². The molecule has 0 nitrogen and oxygen atoms in total. The van der Waals surface area contributed by atoms with Crippen LogP contribution in [0, 0.1) is 56.7 Å². The molecule has 312 valence electrons. The maximum Gasteiger partial charge on any atom is 0.248 e. The second kappa shape index (κ2) is 18.6. The van der Waals surface area contributed by atoms with Crippen molar-refractivity contribution in [2.24, 2.45) is 56.7 Å². The SMILES string of the molecule is CC(C)(C)C1CC(F)(F)C1.CC(C)(C)C1CC(F)C1.CC(C)(C)C1CCC(F)(F)C1.CC(C)(C)C1CCC(F)(F)CC1.CC(C)(C)C1CCCCC1. The summed E-state index contributed by atoms with van der Waals surface area (Å²) < 4.78 is 87.9. The lowest BCUT2D eigenvalue weighted by molar-refractivity contribution is -0.138. The molecule has 0 aromatic rings. The standard InChI is InChI=1S/C10H18F2.C10H20.C9H16F2.C8H14F2.C8H15F/c1-9(2,3)8-4-6-10(11,12)7-5-8;1-10(2,3)9-7-5-4-6-8-9;1-8(2,3)7-4-5-9(10,11)6-7;1-7(2,3)6-4-8(9,10)5-6;1-8(2,3)6-4-7(9)5-6/h8H,4-7H2,1-3H3;9H,4-8H2,1-3H3;7H,4-6H2,1-3H3;6H,4-5H2,1-3H3;6-7H,4-5H2,1-3H3. The minimum absolute atomic E-state index is 0.0555. The molecule has 0 aliphatic heterocycles. The molecule has 0 heterocycles. The van der Waals surface area contributed by atoms with Crippen LogP contribution in [-0.4, -0.2) is 23.9 Å². The summed E-state index contributed by atoms with van der Waals surface area (Å²) in [5.74, 6) is -4.55. The first kappa shape index (κ1) is 49.5. The Kier molecular flexibility index (Phi) is 17.8. The van der Waals surface area contributed by atoms with Gasteiger partial charge >= 0.3 is 0 Å². The molecule has 5 saturated carbocycles. The van der Waals surface area contributed by atoms with Gasteiger partial charge in [0.05, 0.1) is 0 Å². The summed E-state index contributed by atoms with van der Waals surface area (Å²) in [5, 5.41) is 0. The molecule has 0 aromatic carbocycles. The molecule has 0 saturated heterocycles. The molecule has 5 fully saturated rings. The van der Waals surface area contributed by atoms with Gasteiger partial charge in [0.15, 0.2) is 0 Å². The quantitative estimate of drug-likeness (QED) is 0.216. The largest absolute Gasteiger partial charge is 0.248 e. The Bertz CT molecular complexity index is 983. The monoisotopic (exact) mass is 757 g/mol. The molecule has 0 N–H and O–H groups in total. The molecule has 5 rings (SSSR count). The van der Waals surface area contributed by atoms with Crippen LogP contribution < -0.4 is 0 Å². The van der Waals surface area contributed by atoms with Gasteiger partial charge in [-0.15, -0.1) is 0 Å². The zero-order valence-corrected chi connectivity index (χ0v) is 36.4. The third-order valence-corrected chi connectivity index (χ3v) is 13.0. The highest BCUT2D eigenvalue weighted by molar-refractivity contribution is 4.92. The van der Waals surface area contributed by atoms with E-state index < -0.39 is 23.9 Å². The predicted molar refractivity (Wildman–Crippen MR) is 208 cm³/mol. The van der Waals surface area contributed by atoms with E-state index in [0.717, 1.165) is 18.8 Å². The zero-order chi connectivity index (χ0) is 40.8. The summed E-state index contributed by atoms with van der Waals surface area (Å²) in [6.07, 6.45) is 11.1.